The van der Waals surface area contributed by atoms with E-state index in [0.29, 0.717) is 6.54 Å². The second-order valence-electron chi connectivity index (χ2n) is 6.54. The Kier molecular flexibility index (Phi) is 10.5. The van der Waals surface area contributed by atoms with Gasteiger partial charge in [-0.05, 0) is 48.5 Å². The molecule has 2 heterocycles. The highest BCUT2D eigenvalue weighted by molar-refractivity contribution is 5.85. The van der Waals surface area contributed by atoms with Crippen molar-refractivity contribution < 1.29 is 19.1 Å². The molecule has 2 aromatic heterocycles. The van der Waals surface area contributed by atoms with Crippen LogP contribution in [0.5, 0.6) is 0 Å². The van der Waals surface area contributed by atoms with Gasteiger partial charge >= 0.3 is 23.3 Å². The van der Waals surface area contributed by atoms with E-state index in [2.05, 4.69) is 25.6 Å². The third-order valence-electron chi connectivity index (χ3n) is 3.02. The van der Waals surface area contributed by atoms with Gasteiger partial charge in [0.2, 0.25) is 0 Å². The predicted molar refractivity (Wildman–Crippen MR) is 110 cm³/mol. The Hall–Kier alpha value is -3.84. The van der Waals surface area contributed by atoms with Gasteiger partial charge in [0.05, 0.1) is 7.11 Å². The van der Waals surface area contributed by atoms with E-state index in [1.807, 2.05) is 0 Å². The van der Waals surface area contributed by atoms with Crippen molar-refractivity contribution in [2.75, 3.05) is 7.11 Å². The molecule has 0 unspecified atom stereocenters. The summed E-state index contributed by atoms with van der Waals surface area (Å²) in [4.78, 5) is 44.5. The van der Waals surface area contributed by atoms with Crippen LogP contribution in [0.2, 0.25) is 0 Å². The number of ether oxygens (including phenoxy) is 2. The van der Waals surface area contributed by atoms with Crippen molar-refractivity contribution in [1.82, 2.24) is 39.6 Å². The van der Waals surface area contributed by atoms with E-state index < -0.39 is 28.9 Å². The Balaban J connectivity index is 0.000000567. The van der Waals surface area contributed by atoms with Gasteiger partial charge < -0.3 is 9.47 Å². The Morgan fingerprint density at radius 3 is 1.87 bits per heavy atom. The van der Waals surface area contributed by atoms with Crippen molar-refractivity contribution in [3.8, 4) is 0 Å². The van der Waals surface area contributed by atoms with E-state index >= 15 is 0 Å². The number of hydrogen-bond acceptors (Lipinski definition) is 10. The SMILES string of the molecule is C.CCn1nnn(/C=C\C(=O)OC)c1=O.Cn1nnn(/C=C\C(=O)OC(C)(C)C)c1=O. The zero-order valence-corrected chi connectivity index (χ0v) is 17.5. The van der Waals surface area contributed by atoms with Crippen LogP contribution in [-0.2, 0) is 32.7 Å². The second kappa shape index (κ2) is 12.0. The van der Waals surface area contributed by atoms with Crippen LogP contribution in [0.15, 0.2) is 21.7 Å². The molecule has 14 heteroatoms. The number of rotatable bonds is 5. The Morgan fingerprint density at radius 2 is 1.45 bits per heavy atom. The minimum absolute atomic E-state index is 0. The fourth-order valence-corrected chi connectivity index (χ4v) is 1.67. The van der Waals surface area contributed by atoms with E-state index in [1.165, 1.54) is 31.2 Å². The second-order valence-corrected chi connectivity index (χ2v) is 6.54. The first-order chi connectivity index (χ1) is 14.0. The van der Waals surface area contributed by atoms with Gasteiger partial charge in [0, 0.05) is 38.1 Å². The number of aryl methyl sites for hydroxylation is 2. The van der Waals surface area contributed by atoms with E-state index in [9.17, 15) is 19.2 Å². The van der Waals surface area contributed by atoms with E-state index in [4.69, 9.17) is 4.74 Å². The number of esters is 2. The molecule has 0 radical (unpaired) electrons. The van der Waals surface area contributed by atoms with E-state index in [1.54, 1.807) is 27.7 Å². The molecule has 0 saturated heterocycles. The van der Waals surface area contributed by atoms with Crippen molar-refractivity contribution in [2.45, 2.75) is 47.3 Å². The Labute approximate surface area is 178 Å². The smallest absolute Gasteiger partial charge is 0.367 e. The highest BCUT2D eigenvalue weighted by Crippen LogP contribution is 2.06. The molecule has 0 saturated carbocycles. The van der Waals surface area contributed by atoms with Gasteiger partial charge in [-0.3, -0.25) is 0 Å². The van der Waals surface area contributed by atoms with Crippen LogP contribution in [0.1, 0.15) is 35.1 Å². The summed E-state index contributed by atoms with van der Waals surface area (Å²) in [6.45, 7) is 7.48. The van der Waals surface area contributed by atoms with Crippen LogP contribution < -0.4 is 11.4 Å². The minimum atomic E-state index is -0.561. The molecule has 172 valence electrons. The summed E-state index contributed by atoms with van der Waals surface area (Å²) in [6, 6.07) is 0. The quantitative estimate of drug-likeness (QED) is 0.439. The van der Waals surface area contributed by atoms with Gasteiger partial charge in [0.15, 0.2) is 0 Å². The van der Waals surface area contributed by atoms with Gasteiger partial charge in [-0.25, -0.2) is 19.2 Å². The normalized spacial score (nSPS) is 11.0. The lowest BCUT2D eigenvalue weighted by atomic mass is 10.2. The summed E-state index contributed by atoms with van der Waals surface area (Å²) in [6.07, 6.45) is 4.63. The highest BCUT2D eigenvalue weighted by atomic mass is 16.6. The number of carbonyl (C=O) groups is 2. The van der Waals surface area contributed by atoms with Crippen molar-refractivity contribution in [3.63, 3.8) is 0 Å². The maximum atomic E-state index is 11.3. The lowest BCUT2D eigenvalue weighted by Crippen LogP contribution is -2.23. The lowest BCUT2D eigenvalue weighted by molar-refractivity contribution is -0.148. The van der Waals surface area contributed by atoms with Crippen LogP contribution in [0.3, 0.4) is 0 Å². The van der Waals surface area contributed by atoms with Crippen molar-refractivity contribution in [2.24, 2.45) is 7.05 Å². The summed E-state index contributed by atoms with van der Waals surface area (Å²) in [5, 5.41) is 14.1. The molecule has 0 bridgehead atoms. The maximum absolute atomic E-state index is 11.3. The number of carbonyl (C=O) groups excluding carboxylic acids is 2. The summed E-state index contributed by atoms with van der Waals surface area (Å²) < 4.78 is 13.5. The zero-order chi connectivity index (χ0) is 22.9. The molecule has 0 aliphatic rings. The summed E-state index contributed by atoms with van der Waals surface area (Å²) in [5.41, 5.74) is -1.39. The molecule has 0 N–H and O–H groups in total. The number of nitrogens with zero attached hydrogens (tertiary/aromatic N) is 8. The standard InChI is InChI=1S/C9H14N4O3.C7H10N4O3.CH4/c1-9(2,3)16-7(14)5-6-13-8(15)12(4)10-11-13;1-3-10-7(13)11(9-8-10)5-4-6(12)14-2;/h5-6H,1-4H3;4-5H,3H2,1-2H3;1H4/b6-5-;5-4-;. The molecule has 0 atom stereocenters. The number of tetrazole rings is 2. The molecule has 31 heavy (non-hydrogen) atoms. The number of methoxy groups -OCH3 is 1. The lowest BCUT2D eigenvalue weighted by Gasteiger charge is -2.17. The van der Waals surface area contributed by atoms with E-state index in [-0.39, 0.29) is 7.43 Å². The van der Waals surface area contributed by atoms with Crippen LogP contribution in [0.4, 0.5) is 0 Å². The molecular formula is C17H28N8O6. The van der Waals surface area contributed by atoms with Crippen LogP contribution in [0, 0.1) is 0 Å². The number of aromatic nitrogens is 8. The summed E-state index contributed by atoms with van der Waals surface area (Å²) >= 11 is 0. The molecule has 0 aliphatic carbocycles. The molecule has 14 nitrogen and oxygen atoms in total. The first kappa shape index (κ1) is 27.2. The third kappa shape index (κ3) is 9.01. The first-order valence-electron chi connectivity index (χ1n) is 8.66. The number of hydrogen-bond donors (Lipinski definition) is 0. The summed E-state index contributed by atoms with van der Waals surface area (Å²) in [7, 11) is 2.71. The molecule has 2 aromatic rings. The molecule has 0 fully saturated rings. The largest absolute Gasteiger partial charge is 0.466 e. The maximum Gasteiger partial charge on any atom is 0.367 e. The van der Waals surface area contributed by atoms with Crippen LogP contribution >= 0.6 is 0 Å². The fourth-order valence-electron chi connectivity index (χ4n) is 1.67. The Bertz CT molecular complexity index is 1030. The zero-order valence-electron chi connectivity index (χ0n) is 17.5. The average Bonchev–Trinajstić information content (AvgIpc) is 3.19. The molecule has 2 rings (SSSR count). The third-order valence-corrected chi connectivity index (χ3v) is 3.02. The Morgan fingerprint density at radius 1 is 0.935 bits per heavy atom. The molecular weight excluding hydrogens is 412 g/mol. The van der Waals surface area contributed by atoms with Gasteiger partial charge in [-0.1, -0.05) is 7.43 Å². The van der Waals surface area contributed by atoms with Crippen molar-refractivity contribution in [3.05, 3.63) is 33.1 Å². The topological polar surface area (TPSA) is 158 Å². The van der Waals surface area contributed by atoms with Crippen molar-refractivity contribution in [1.29, 1.82) is 0 Å². The van der Waals surface area contributed by atoms with Crippen LogP contribution in [0.25, 0.3) is 12.4 Å². The predicted octanol–water partition coefficient (Wildman–Crippen LogP) is -0.471. The average molecular weight is 440 g/mol. The van der Waals surface area contributed by atoms with Crippen LogP contribution in [-0.4, -0.2) is 64.2 Å². The minimum Gasteiger partial charge on any atom is -0.466 e. The van der Waals surface area contributed by atoms with Gasteiger partial charge in [0.25, 0.3) is 0 Å². The molecule has 0 spiro atoms. The summed E-state index contributed by atoms with van der Waals surface area (Å²) in [5.74, 6) is -1.09. The fraction of sp³-hybridized carbons (Fsp3) is 0.529. The monoisotopic (exact) mass is 440 g/mol. The highest BCUT2D eigenvalue weighted by Gasteiger charge is 2.14. The molecule has 0 amide bonds. The molecule has 0 aromatic carbocycles. The first-order valence-corrected chi connectivity index (χ1v) is 8.66. The molecule has 0 aliphatic heterocycles. The van der Waals surface area contributed by atoms with Gasteiger partial charge in [-0.2, -0.15) is 18.7 Å². The van der Waals surface area contributed by atoms with Crippen molar-refractivity contribution >= 4 is 24.3 Å². The van der Waals surface area contributed by atoms with Gasteiger partial charge in [0.1, 0.15) is 5.60 Å². The van der Waals surface area contributed by atoms with Gasteiger partial charge in [-0.15, -0.1) is 0 Å². The van der Waals surface area contributed by atoms with E-state index in [0.717, 1.165) is 26.2 Å².